The van der Waals surface area contributed by atoms with Crippen LogP contribution in [0, 0.1) is 24.6 Å². The van der Waals surface area contributed by atoms with E-state index in [9.17, 15) is 9.18 Å². The monoisotopic (exact) mass is 247 g/mol. The van der Waals surface area contributed by atoms with Crippen LogP contribution in [0.15, 0.2) is 18.2 Å². The van der Waals surface area contributed by atoms with Gasteiger partial charge in [-0.15, -0.1) is 0 Å². The van der Waals surface area contributed by atoms with Crippen LogP contribution in [0.3, 0.4) is 0 Å². The number of hydrogen-bond donors (Lipinski definition) is 1. The molecular weight excluding hydrogens is 229 g/mol. The van der Waals surface area contributed by atoms with E-state index in [1.165, 1.54) is 37.8 Å². The van der Waals surface area contributed by atoms with Crippen molar-refractivity contribution in [2.45, 2.75) is 38.6 Å². The second-order valence-corrected chi connectivity index (χ2v) is 5.63. The highest BCUT2D eigenvalue weighted by atomic mass is 19.1. The third kappa shape index (κ3) is 2.40. The van der Waals surface area contributed by atoms with Gasteiger partial charge in [-0.25, -0.2) is 4.39 Å². The molecule has 0 spiro atoms. The third-order valence-electron chi connectivity index (χ3n) is 3.99. The Morgan fingerprint density at radius 3 is 2.39 bits per heavy atom. The summed E-state index contributed by atoms with van der Waals surface area (Å²) in [6, 6.07) is 4.70. The van der Waals surface area contributed by atoms with Gasteiger partial charge in [-0.1, -0.05) is 0 Å². The summed E-state index contributed by atoms with van der Waals surface area (Å²) in [6.07, 6.45) is 4.96. The van der Waals surface area contributed by atoms with Crippen molar-refractivity contribution in [3.8, 4) is 0 Å². The van der Waals surface area contributed by atoms with Gasteiger partial charge in [0.25, 0.3) is 5.91 Å². The highest BCUT2D eigenvalue weighted by Gasteiger charge is 2.42. The molecule has 18 heavy (non-hydrogen) atoms. The Labute approximate surface area is 107 Å². The Bertz CT molecular complexity index is 465. The molecule has 0 radical (unpaired) electrons. The first kappa shape index (κ1) is 11.7. The molecule has 0 aliphatic heterocycles. The lowest BCUT2D eigenvalue weighted by Crippen LogP contribution is -2.38. The van der Waals surface area contributed by atoms with Crippen LogP contribution < -0.4 is 5.32 Å². The van der Waals surface area contributed by atoms with Gasteiger partial charge in [0.15, 0.2) is 0 Å². The molecule has 3 rings (SSSR count). The number of amides is 1. The second-order valence-electron chi connectivity index (χ2n) is 5.63. The van der Waals surface area contributed by atoms with Gasteiger partial charge in [-0.3, -0.25) is 4.79 Å². The molecule has 2 aliphatic rings. The Kier molecular flexibility index (Phi) is 2.84. The first-order valence-corrected chi connectivity index (χ1v) is 6.72. The number of halogens is 1. The van der Waals surface area contributed by atoms with Crippen molar-refractivity contribution in [3.63, 3.8) is 0 Å². The zero-order chi connectivity index (χ0) is 12.7. The molecule has 3 heteroatoms. The molecule has 0 bridgehead atoms. The number of nitrogens with one attached hydrogen (secondary N) is 1. The Morgan fingerprint density at radius 2 is 1.89 bits per heavy atom. The molecule has 96 valence electrons. The minimum absolute atomic E-state index is 0.0451. The predicted molar refractivity (Wildman–Crippen MR) is 67.8 cm³/mol. The van der Waals surface area contributed by atoms with Crippen LogP contribution >= 0.6 is 0 Å². The summed E-state index contributed by atoms with van der Waals surface area (Å²) < 4.78 is 13.0. The van der Waals surface area contributed by atoms with Crippen LogP contribution in [0.4, 0.5) is 4.39 Å². The van der Waals surface area contributed by atoms with Crippen molar-refractivity contribution in [2.24, 2.45) is 11.8 Å². The van der Waals surface area contributed by atoms with Crippen LogP contribution in [0.1, 0.15) is 41.6 Å². The minimum Gasteiger partial charge on any atom is -0.349 e. The first-order valence-electron chi connectivity index (χ1n) is 6.72. The number of benzene rings is 1. The predicted octanol–water partition coefficient (Wildman–Crippen LogP) is 3.05. The molecule has 2 aliphatic carbocycles. The number of carbonyl (C=O) groups is 1. The molecule has 0 atom stereocenters. The molecular formula is C15H18FNO. The molecule has 2 fully saturated rings. The van der Waals surface area contributed by atoms with Crippen molar-refractivity contribution in [1.29, 1.82) is 0 Å². The van der Waals surface area contributed by atoms with E-state index in [1.807, 2.05) is 0 Å². The third-order valence-corrected chi connectivity index (χ3v) is 3.99. The van der Waals surface area contributed by atoms with Crippen LogP contribution in [0.5, 0.6) is 0 Å². The van der Waals surface area contributed by atoms with Crippen molar-refractivity contribution in [3.05, 3.63) is 35.1 Å². The summed E-state index contributed by atoms with van der Waals surface area (Å²) in [5.74, 6) is 1.03. The van der Waals surface area contributed by atoms with E-state index < -0.39 is 0 Å². The smallest absolute Gasteiger partial charge is 0.251 e. The number of carbonyl (C=O) groups excluding carboxylic acids is 1. The van der Waals surface area contributed by atoms with Gasteiger partial charge < -0.3 is 5.32 Å². The van der Waals surface area contributed by atoms with Crippen LogP contribution in [0.25, 0.3) is 0 Å². The van der Waals surface area contributed by atoms with Crippen LogP contribution in [0.2, 0.25) is 0 Å². The molecule has 2 saturated carbocycles. The lowest BCUT2D eigenvalue weighted by Gasteiger charge is -2.18. The van der Waals surface area contributed by atoms with Crippen LogP contribution in [-0.2, 0) is 0 Å². The second kappa shape index (κ2) is 4.38. The van der Waals surface area contributed by atoms with E-state index in [-0.39, 0.29) is 11.7 Å². The Hall–Kier alpha value is -1.38. The van der Waals surface area contributed by atoms with Gasteiger partial charge in [0.2, 0.25) is 0 Å². The fourth-order valence-corrected chi connectivity index (χ4v) is 2.64. The van der Waals surface area contributed by atoms with E-state index >= 15 is 0 Å². The van der Waals surface area contributed by atoms with E-state index in [4.69, 9.17) is 0 Å². The number of hydrogen-bond acceptors (Lipinski definition) is 1. The average Bonchev–Trinajstić information content (AvgIpc) is 3.17. The standard InChI is InChI=1S/C15H18FNO/c1-9-8-12(16)6-7-13(9)15(18)17-14(10-2-3-10)11-4-5-11/h6-8,10-11,14H,2-5H2,1H3,(H,17,18). The summed E-state index contributed by atoms with van der Waals surface area (Å²) in [5, 5.41) is 3.16. The molecule has 2 nitrogen and oxygen atoms in total. The van der Waals surface area contributed by atoms with Crippen molar-refractivity contribution in [1.82, 2.24) is 5.32 Å². The fourth-order valence-electron chi connectivity index (χ4n) is 2.64. The Balaban J connectivity index is 1.73. The molecule has 1 N–H and O–H groups in total. The summed E-state index contributed by atoms with van der Waals surface area (Å²) in [5.41, 5.74) is 1.31. The maximum Gasteiger partial charge on any atom is 0.251 e. The van der Waals surface area contributed by atoms with Crippen LogP contribution in [-0.4, -0.2) is 11.9 Å². The zero-order valence-electron chi connectivity index (χ0n) is 10.6. The molecule has 0 unspecified atom stereocenters. The summed E-state index contributed by atoms with van der Waals surface area (Å²) >= 11 is 0. The Morgan fingerprint density at radius 1 is 1.28 bits per heavy atom. The summed E-state index contributed by atoms with van der Waals surface area (Å²) in [7, 11) is 0. The van der Waals surface area contributed by atoms with Gasteiger partial charge in [-0.05, 0) is 68.2 Å². The number of aryl methyl sites for hydroxylation is 1. The summed E-state index contributed by atoms with van der Waals surface area (Å²) in [4.78, 5) is 12.2. The highest BCUT2D eigenvalue weighted by molar-refractivity contribution is 5.95. The quantitative estimate of drug-likeness (QED) is 0.870. The normalized spacial score (nSPS) is 19.1. The molecule has 1 aromatic carbocycles. The van der Waals surface area contributed by atoms with Gasteiger partial charge >= 0.3 is 0 Å². The van der Waals surface area contributed by atoms with Gasteiger partial charge in [0.05, 0.1) is 0 Å². The largest absolute Gasteiger partial charge is 0.349 e. The van der Waals surface area contributed by atoms with E-state index in [2.05, 4.69) is 5.32 Å². The fraction of sp³-hybridized carbons (Fsp3) is 0.533. The lowest BCUT2D eigenvalue weighted by atomic mass is 10.0. The van der Waals surface area contributed by atoms with E-state index in [0.717, 1.165) is 0 Å². The summed E-state index contributed by atoms with van der Waals surface area (Å²) in [6.45, 7) is 1.78. The molecule has 1 aromatic rings. The number of rotatable bonds is 4. The van der Waals surface area contributed by atoms with Crippen molar-refractivity contribution in [2.75, 3.05) is 0 Å². The van der Waals surface area contributed by atoms with Crippen molar-refractivity contribution < 1.29 is 9.18 Å². The molecule has 1 amide bonds. The van der Waals surface area contributed by atoms with Gasteiger partial charge in [-0.2, -0.15) is 0 Å². The van der Waals surface area contributed by atoms with Crippen molar-refractivity contribution >= 4 is 5.91 Å². The van der Waals surface area contributed by atoms with E-state index in [1.54, 1.807) is 13.0 Å². The maximum absolute atomic E-state index is 13.0. The molecule has 0 saturated heterocycles. The van der Waals surface area contributed by atoms with E-state index in [0.29, 0.717) is 29.0 Å². The first-order chi connectivity index (χ1) is 8.65. The maximum atomic E-state index is 13.0. The SMILES string of the molecule is Cc1cc(F)ccc1C(=O)NC(C1CC1)C1CC1. The lowest BCUT2D eigenvalue weighted by molar-refractivity contribution is 0.0925. The zero-order valence-corrected chi connectivity index (χ0v) is 10.6. The van der Waals surface area contributed by atoms with Gasteiger partial charge in [0, 0.05) is 11.6 Å². The molecule has 0 heterocycles. The topological polar surface area (TPSA) is 29.1 Å². The van der Waals surface area contributed by atoms with Gasteiger partial charge in [0.1, 0.15) is 5.82 Å². The highest BCUT2D eigenvalue weighted by Crippen LogP contribution is 2.44. The molecule has 0 aromatic heterocycles. The minimum atomic E-state index is -0.287. The average molecular weight is 247 g/mol.